The Morgan fingerprint density at radius 2 is 2.06 bits per heavy atom. The van der Waals surface area contributed by atoms with Crippen molar-refractivity contribution in [2.45, 2.75) is 19.2 Å². The molecule has 0 aliphatic carbocycles. The van der Waals surface area contributed by atoms with Crippen LogP contribution in [0.15, 0.2) is 28.7 Å². The molecule has 0 aromatic heterocycles. The standard InChI is InChI=1S/C10H12BrO5P/c1-2-9(12)16-10(17(13,14)15)7-5-3-4-6-8(7)11/h3-6,10H,2H2,1H3,(H2,13,14,15). The van der Waals surface area contributed by atoms with Crippen molar-refractivity contribution in [3.8, 4) is 0 Å². The fourth-order valence-electron chi connectivity index (χ4n) is 1.20. The molecule has 0 saturated heterocycles. The second-order valence-corrected chi connectivity index (χ2v) is 5.81. The summed E-state index contributed by atoms with van der Waals surface area (Å²) in [5.74, 6) is -2.22. The van der Waals surface area contributed by atoms with Gasteiger partial charge in [-0.3, -0.25) is 9.36 Å². The highest BCUT2D eigenvalue weighted by atomic mass is 79.9. The van der Waals surface area contributed by atoms with Crippen LogP contribution in [-0.4, -0.2) is 15.8 Å². The maximum absolute atomic E-state index is 11.3. The normalized spacial score (nSPS) is 13.2. The van der Waals surface area contributed by atoms with E-state index >= 15 is 0 Å². The number of hydrogen-bond acceptors (Lipinski definition) is 3. The van der Waals surface area contributed by atoms with Gasteiger partial charge in [-0.15, -0.1) is 0 Å². The lowest BCUT2D eigenvalue weighted by atomic mass is 10.2. The second kappa shape index (κ2) is 5.78. The summed E-state index contributed by atoms with van der Waals surface area (Å²) < 4.78 is 16.6. The summed E-state index contributed by atoms with van der Waals surface area (Å²) in [5.41, 5.74) is 0.252. The molecule has 0 heterocycles. The lowest BCUT2D eigenvalue weighted by Crippen LogP contribution is -2.11. The molecular formula is C10H12BrO5P. The molecule has 0 radical (unpaired) electrons. The zero-order chi connectivity index (χ0) is 13.1. The molecule has 0 spiro atoms. The van der Waals surface area contributed by atoms with E-state index in [1.54, 1.807) is 25.1 Å². The predicted molar refractivity (Wildman–Crippen MR) is 65.3 cm³/mol. The van der Waals surface area contributed by atoms with Gasteiger partial charge in [0.25, 0.3) is 0 Å². The van der Waals surface area contributed by atoms with Crippen LogP contribution in [0.25, 0.3) is 0 Å². The first kappa shape index (κ1) is 14.4. The minimum absolute atomic E-state index is 0.0565. The number of carbonyl (C=O) groups is 1. The van der Waals surface area contributed by atoms with Gasteiger partial charge < -0.3 is 14.5 Å². The number of carbonyl (C=O) groups excluding carboxylic acids is 1. The van der Waals surface area contributed by atoms with E-state index in [4.69, 9.17) is 4.74 Å². The average Bonchev–Trinajstić information content (AvgIpc) is 2.25. The molecule has 0 fully saturated rings. The SMILES string of the molecule is CCC(=O)OC(c1ccccc1Br)P(=O)(O)O. The molecule has 1 unspecified atom stereocenters. The van der Waals surface area contributed by atoms with Gasteiger partial charge >= 0.3 is 13.6 Å². The Balaban J connectivity index is 3.12. The summed E-state index contributed by atoms with van der Waals surface area (Å²) in [6, 6.07) is 6.43. The smallest absolute Gasteiger partial charge is 0.370 e. The summed E-state index contributed by atoms with van der Waals surface area (Å²) in [5, 5.41) is 0. The molecule has 1 aromatic rings. The van der Waals surface area contributed by atoms with Crippen molar-refractivity contribution >= 4 is 29.5 Å². The number of ether oxygens (including phenoxy) is 1. The quantitative estimate of drug-likeness (QED) is 0.657. The third-order valence-electron chi connectivity index (χ3n) is 2.01. The zero-order valence-electron chi connectivity index (χ0n) is 9.04. The molecule has 2 N–H and O–H groups in total. The molecule has 94 valence electrons. The van der Waals surface area contributed by atoms with Gasteiger partial charge in [0, 0.05) is 16.5 Å². The van der Waals surface area contributed by atoms with E-state index in [0.29, 0.717) is 4.47 Å². The lowest BCUT2D eigenvalue weighted by molar-refractivity contribution is -0.146. The van der Waals surface area contributed by atoms with E-state index in [9.17, 15) is 19.1 Å². The van der Waals surface area contributed by atoms with Crippen LogP contribution in [0.5, 0.6) is 0 Å². The van der Waals surface area contributed by atoms with Crippen molar-refractivity contribution in [2.24, 2.45) is 0 Å². The molecule has 0 amide bonds. The molecule has 5 nitrogen and oxygen atoms in total. The molecule has 0 bridgehead atoms. The van der Waals surface area contributed by atoms with Gasteiger partial charge in [0.1, 0.15) is 0 Å². The summed E-state index contributed by atoms with van der Waals surface area (Å²) in [6.45, 7) is 1.55. The van der Waals surface area contributed by atoms with Crippen molar-refractivity contribution in [3.05, 3.63) is 34.3 Å². The zero-order valence-corrected chi connectivity index (χ0v) is 11.5. The minimum Gasteiger partial charge on any atom is -0.444 e. The number of halogens is 1. The Morgan fingerprint density at radius 3 is 2.53 bits per heavy atom. The van der Waals surface area contributed by atoms with Gasteiger partial charge in [0.2, 0.25) is 5.85 Å². The Kier molecular flexibility index (Phi) is 4.89. The number of esters is 1. The molecule has 1 aromatic carbocycles. The minimum atomic E-state index is -4.56. The van der Waals surface area contributed by atoms with E-state index in [2.05, 4.69) is 15.9 Å². The summed E-state index contributed by atoms with van der Waals surface area (Å²) in [4.78, 5) is 29.6. The number of benzene rings is 1. The van der Waals surface area contributed by atoms with Crippen LogP contribution in [-0.2, 0) is 14.1 Å². The fourth-order valence-corrected chi connectivity index (χ4v) is 2.71. The van der Waals surface area contributed by atoms with Crippen LogP contribution in [0, 0.1) is 0 Å². The molecule has 1 rings (SSSR count). The van der Waals surface area contributed by atoms with Crippen LogP contribution in [0.2, 0.25) is 0 Å². The monoisotopic (exact) mass is 322 g/mol. The Morgan fingerprint density at radius 1 is 1.47 bits per heavy atom. The summed E-state index contributed by atoms with van der Waals surface area (Å²) in [7, 11) is -4.56. The first-order valence-corrected chi connectivity index (χ1v) is 7.32. The van der Waals surface area contributed by atoms with Gasteiger partial charge in [0.15, 0.2) is 0 Å². The van der Waals surface area contributed by atoms with Gasteiger partial charge in [-0.2, -0.15) is 0 Å². The molecule has 0 aliphatic rings. The summed E-state index contributed by atoms with van der Waals surface area (Å²) in [6.07, 6.45) is 0.0565. The Bertz CT molecular complexity index is 456. The van der Waals surface area contributed by atoms with E-state index in [0.717, 1.165) is 0 Å². The number of hydrogen-bond donors (Lipinski definition) is 2. The van der Waals surface area contributed by atoms with Crippen molar-refractivity contribution < 1.29 is 23.9 Å². The Hall–Kier alpha value is -0.680. The highest BCUT2D eigenvalue weighted by Gasteiger charge is 2.35. The van der Waals surface area contributed by atoms with Crippen LogP contribution in [0.4, 0.5) is 0 Å². The predicted octanol–water partition coefficient (Wildman–Crippen LogP) is 2.58. The highest BCUT2D eigenvalue weighted by molar-refractivity contribution is 9.10. The molecular weight excluding hydrogens is 311 g/mol. The Labute approximate surface area is 107 Å². The number of rotatable bonds is 4. The second-order valence-electron chi connectivity index (χ2n) is 3.31. The molecule has 7 heteroatoms. The van der Waals surface area contributed by atoms with Crippen LogP contribution in [0.3, 0.4) is 0 Å². The molecule has 0 aliphatic heterocycles. The van der Waals surface area contributed by atoms with Gasteiger partial charge in [-0.25, -0.2) is 0 Å². The van der Waals surface area contributed by atoms with Crippen molar-refractivity contribution in [1.82, 2.24) is 0 Å². The lowest BCUT2D eigenvalue weighted by Gasteiger charge is -2.20. The van der Waals surface area contributed by atoms with Crippen molar-refractivity contribution in [3.63, 3.8) is 0 Å². The highest BCUT2D eigenvalue weighted by Crippen LogP contribution is 2.53. The van der Waals surface area contributed by atoms with Crippen LogP contribution in [0.1, 0.15) is 24.8 Å². The molecule has 0 saturated carbocycles. The first-order valence-electron chi connectivity index (χ1n) is 4.85. The topological polar surface area (TPSA) is 83.8 Å². The van der Waals surface area contributed by atoms with E-state index in [1.807, 2.05) is 0 Å². The van der Waals surface area contributed by atoms with Crippen LogP contribution < -0.4 is 0 Å². The van der Waals surface area contributed by atoms with Crippen molar-refractivity contribution in [2.75, 3.05) is 0 Å². The summed E-state index contributed by atoms with van der Waals surface area (Å²) >= 11 is 3.17. The first-order chi connectivity index (χ1) is 7.86. The largest absolute Gasteiger partial charge is 0.444 e. The van der Waals surface area contributed by atoms with E-state index < -0.39 is 19.4 Å². The molecule has 1 atom stereocenters. The third-order valence-corrected chi connectivity index (χ3v) is 3.73. The molecule has 17 heavy (non-hydrogen) atoms. The van der Waals surface area contributed by atoms with E-state index in [-0.39, 0.29) is 12.0 Å². The fraction of sp³-hybridized carbons (Fsp3) is 0.300. The van der Waals surface area contributed by atoms with Crippen molar-refractivity contribution in [1.29, 1.82) is 0 Å². The van der Waals surface area contributed by atoms with Gasteiger partial charge in [-0.1, -0.05) is 41.1 Å². The van der Waals surface area contributed by atoms with Gasteiger partial charge in [-0.05, 0) is 6.07 Å². The average molecular weight is 323 g/mol. The maximum Gasteiger partial charge on any atom is 0.370 e. The third kappa shape index (κ3) is 3.92. The maximum atomic E-state index is 11.3. The van der Waals surface area contributed by atoms with Crippen LogP contribution >= 0.6 is 23.5 Å². The van der Waals surface area contributed by atoms with Gasteiger partial charge in [0.05, 0.1) is 0 Å². The van der Waals surface area contributed by atoms with E-state index in [1.165, 1.54) is 6.07 Å².